The molecule has 1 amide bonds. The normalized spacial score (nSPS) is 14.3. The van der Waals surface area contributed by atoms with Crippen LogP contribution in [0.15, 0.2) is 47.4 Å². The first kappa shape index (κ1) is 17.6. The Hall–Kier alpha value is -3.48. The standard InChI is InChI=1S/C22H21N5O2/c28-21(25-17-7-5-6-15-13-23-26-20(15)17)14-9-10-16-18(12-14)24-19-8-3-1-2-4-11-27(19)22(16)29/h5-7,9-10,12-13H,1-4,8,11H2,(H,23,26)(H,25,28). The molecule has 1 aliphatic heterocycles. The number of carbonyl (C=O) groups excluding carboxylic acids is 1. The number of aromatic amines is 1. The second-order valence-corrected chi connectivity index (χ2v) is 7.47. The van der Waals surface area contributed by atoms with Gasteiger partial charge < -0.3 is 5.32 Å². The van der Waals surface area contributed by atoms with E-state index in [-0.39, 0.29) is 11.5 Å². The van der Waals surface area contributed by atoms with Crippen LogP contribution >= 0.6 is 0 Å². The van der Waals surface area contributed by atoms with E-state index in [0.717, 1.165) is 48.8 Å². The molecule has 2 N–H and O–H groups in total. The molecule has 0 bridgehead atoms. The highest BCUT2D eigenvalue weighted by atomic mass is 16.1. The highest BCUT2D eigenvalue weighted by molar-refractivity contribution is 6.09. The van der Waals surface area contributed by atoms with E-state index in [1.165, 1.54) is 0 Å². The molecule has 0 saturated heterocycles. The van der Waals surface area contributed by atoms with E-state index < -0.39 is 0 Å². The highest BCUT2D eigenvalue weighted by Crippen LogP contribution is 2.22. The van der Waals surface area contributed by atoms with E-state index in [1.54, 1.807) is 29.0 Å². The maximum absolute atomic E-state index is 12.9. The van der Waals surface area contributed by atoms with Crippen LogP contribution in [0, 0.1) is 0 Å². The van der Waals surface area contributed by atoms with Crippen molar-refractivity contribution in [2.24, 2.45) is 0 Å². The van der Waals surface area contributed by atoms with Gasteiger partial charge in [0.05, 0.1) is 28.3 Å². The summed E-state index contributed by atoms with van der Waals surface area (Å²) < 4.78 is 1.81. The minimum atomic E-state index is -0.248. The van der Waals surface area contributed by atoms with Crippen LogP contribution in [-0.2, 0) is 13.0 Å². The van der Waals surface area contributed by atoms with Gasteiger partial charge in [-0.15, -0.1) is 0 Å². The zero-order valence-electron chi connectivity index (χ0n) is 15.9. The number of H-pyrrole nitrogens is 1. The van der Waals surface area contributed by atoms with Crippen molar-refractivity contribution in [2.45, 2.75) is 38.6 Å². The van der Waals surface area contributed by atoms with Crippen molar-refractivity contribution < 1.29 is 4.79 Å². The number of nitrogens with one attached hydrogen (secondary N) is 2. The van der Waals surface area contributed by atoms with Crippen molar-refractivity contribution in [2.75, 3.05) is 5.32 Å². The second-order valence-electron chi connectivity index (χ2n) is 7.47. The minimum absolute atomic E-state index is 0.0129. The molecule has 4 aromatic rings. The minimum Gasteiger partial charge on any atom is -0.320 e. The summed E-state index contributed by atoms with van der Waals surface area (Å²) in [6, 6.07) is 10.7. The average Bonchev–Trinajstić information content (AvgIpc) is 3.19. The molecule has 2 aromatic heterocycles. The molecule has 0 atom stereocenters. The Balaban J connectivity index is 1.52. The summed E-state index contributed by atoms with van der Waals surface area (Å²) in [4.78, 5) is 30.5. The van der Waals surface area contributed by atoms with Gasteiger partial charge in [0, 0.05) is 23.9 Å². The molecule has 0 saturated carbocycles. The molecule has 3 heterocycles. The first-order valence-electron chi connectivity index (χ1n) is 9.97. The van der Waals surface area contributed by atoms with Crippen molar-refractivity contribution in [3.63, 3.8) is 0 Å². The van der Waals surface area contributed by atoms with Crippen LogP contribution in [0.5, 0.6) is 0 Å². The van der Waals surface area contributed by atoms with Gasteiger partial charge in [-0.05, 0) is 37.1 Å². The third-order valence-electron chi connectivity index (χ3n) is 5.55. The number of aromatic nitrogens is 4. The lowest BCUT2D eigenvalue weighted by Gasteiger charge is -2.16. The number of aryl methyl sites for hydroxylation is 1. The molecule has 0 radical (unpaired) electrons. The molecule has 0 spiro atoms. The van der Waals surface area contributed by atoms with Gasteiger partial charge in [-0.3, -0.25) is 19.3 Å². The molecule has 29 heavy (non-hydrogen) atoms. The Morgan fingerprint density at radius 1 is 1.10 bits per heavy atom. The maximum atomic E-state index is 12.9. The van der Waals surface area contributed by atoms with Gasteiger partial charge in [-0.2, -0.15) is 5.10 Å². The Labute approximate surface area is 166 Å². The van der Waals surface area contributed by atoms with E-state index in [1.807, 2.05) is 18.2 Å². The lowest BCUT2D eigenvalue weighted by molar-refractivity contribution is 0.102. The van der Waals surface area contributed by atoms with Crippen LogP contribution in [-0.4, -0.2) is 25.7 Å². The van der Waals surface area contributed by atoms with Crippen LogP contribution in [0.3, 0.4) is 0 Å². The van der Waals surface area contributed by atoms with Gasteiger partial charge in [0.25, 0.3) is 11.5 Å². The molecule has 7 heteroatoms. The summed E-state index contributed by atoms with van der Waals surface area (Å²) in [6.07, 6.45) is 6.85. The zero-order valence-corrected chi connectivity index (χ0v) is 15.9. The third-order valence-corrected chi connectivity index (χ3v) is 5.55. The Kier molecular flexibility index (Phi) is 4.35. The Morgan fingerprint density at radius 2 is 2.00 bits per heavy atom. The number of rotatable bonds is 2. The fourth-order valence-electron chi connectivity index (χ4n) is 4.00. The number of carbonyl (C=O) groups is 1. The number of para-hydroxylation sites is 1. The number of anilines is 1. The fraction of sp³-hybridized carbons (Fsp3) is 0.273. The average molecular weight is 387 g/mol. The van der Waals surface area contributed by atoms with Gasteiger partial charge in [-0.25, -0.2) is 4.98 Å². The van der Waals surface area contributed by atoms with E-state index >= 15 is 0 Å². The third kappa shape index (κ3) is 3.18. The number of hydrogen-bond donors (Lipinski definition) is 2. The Bertz CT molecular complexity index is 1290. The van der Waals surface area contributed by atoms with Gasteiger partial charge >= 0.3 is 0 Å². The van der Waals surface area contributed by atoms with Crippen LogP contribution in [0.25, 0.3) is 21.8 Å². The fourth-order valence-corrected chi connectivity index (χ4v) is 4.00. The maximum Gasteiger partial charge on any atom is 0.261 e. The number of nitrogens with zero attached hydrogens (tertiary/aromatic N) is 3. The van der Waals surface area contributed by atoms with E-state index in [2.05, 4.69) is 15.5 Å². The molecular weight excluding hydrogens is 366 g/mol. The van der Waals surface area contributed by atoms with Crippen LogP contribution < -0.4 is 10.9 Å². The molecule has 146 valence electrons. The lowest BCUT2D eigenvalue weighted by atomic mass is 10.1. The largest absolute Gasteiger partial charge is 0.320 e. The number of hydrogen-bond acceptors (Lipinski definition) is 4. The smallest absolute Gasteiger partial charge is 0.261 e. The van der Waals surface area contributed by atoms with Gasteiger partial charge in [0.15, 0.2) is 0 Å². The Morgan fingerprint density at radius 3 is 2.93 bits per heavy atom. The molecule has 0 fully saturated rings. The monoisotopic (exact) mass is 387 g/mol. The summed E-state index contributed by atoms with van der Waals surface area (Å²) in [5.41, 5.74) is 2.47. The van der Waals surface area contributed by atoms with E-state index in [9.17, 15) is 9.59 Å². The van der Waals surface area contributed by atoms with Crippen LogP contribution in [0.1, 0.15) is 41.9 Å². The summed E-state index contributed by atoms with van der Waals surface area (Å²) in [5, 5.41) is 11.3. The number of amides is 1. The molecule has 7 nitrogen and oxygen atoms in total. The van der Waals surface area contributed by atoms with Gasteiger partial charge in [-0.1, -0.05) is 25.0 Å². The summed E-state index contributed by atoms with van der Waals surface area (Å²) in [5.74, 6) is 0.574. The number of fused-ring (bicyclic) bond motifs is 3. The van der Waals surface area contributed by atoms with Crippen molar-refractivity contribution in [3.8, 4) is 0 Å². The molecule has 0 aliphatic carbocycles. The first-order chi connectivity index (χ1) is 14.2. The molecule has 2 aromatic carbocycles. The predicted octanol–water partition coefficient (Wildman–Crippen LogP) is 3.64. The quantitative estimate of drug-likeness (QED) is 0.549. The topological polar surface area (TPSA) is 92.7 Å². The van der Waals surface area contributed by atoms with E-state index in [4.69, 9.17) is 4.98 Å². The number of benzene rings is 2. The summed E-state index contributed by atoms with van der Waals surface area (Å²) >= 11 is 0. The molecular formula is C22H21N5O2. The van der Waals surface area contributed by atoms with Crippen LogP contribution in [0.4, 0.5) is 5.69 Å². The van der Waals surface area contributed by atoms with Gasteiger partial charge in [0.1, 0.15) is 5.82 Å². The van der Waals surface area contributed by atoms with Crippen molar-refractivity contribution in [3.05, 3.63) is 64.3 Å². The van der Waals surface area contributed by atoms with Crippen LogP contribution in [0.2, 0.25) is 0 Å². The zero-order chi connectivity index (χ0) is 19.8. The second kappa shape index (κ2) is 7.16. The molecule has 5 rings (SSSR count). The van der Waals surface area contributed by atoms with Crippen molar-refractivity contribution in [1.29, 1.82) is 0 Å². The van der Waals surface area contributed by atoms with Crippen molar-refractivity contribution in [1.82, 2.24) is 19.7 Å². The SMILES string of the molecule is O=C(Nc1cccc2cn[nH]c12)c1ccc2c(=O)n3c(nc2c1)CCCCCC3. The summed E-state index contributed by atoms with van der Waals surface area (Å²) in [6.45, 7) is 0.716. The molecule has 0 unspecified atom stereocenters. The summed E-state index contributed by atoms with van der Waals surface area (Å²) in [7, 11) is 0. The van der Waals surface area contributed by atoms with Gasteiger partial charge in [0.2, 0.25) is 0 Å². The van der Waals surface area contributed by atoms with E-state index in [0.29, 0.717) is 28.7 Å². The lowest BCUT2D eigenvalue weighted by Crippen LogP contribution is -2.26. The predicted molar refractivity (Wildman–Crippen MR) is 112 cm³/mol. The molecule has 1 aliphatic rings. The highest BCUT2D eigenvalue weighted by Gasteiger charge is 2.15. The first-order valence-corrected chi connectivity index (χ1v) is 9.97. The van der Waals surface area contributed by atoms with Crippen molar-refractivity contribution >= 4 is 33.4 Å².